The molecule has 100 valence electrons. The van der Waals surface area contributed by atoms with E-state index in [1.54, 1.807) is 0 Å². The Hall–Kier alpha value is -1.35. The van der Waals surface area contributed by atoms with Crippen molar-refractivity contribution in [2.45, 2.75) is 52.4 Å². The summed E-state index contributed by atoms with van der Waals surface area (Å²) in [7, 11) is 0. The van der Waals surface area contributed by atoms with Gasteiger partial charge in [-0.2, -0.15) is 0 Å². The van der Waals surface area contributed by atoms with Crippen LogP contribution in [0.5, 0.6) is 0 Å². The van der Waals surface area contributed by atoms with Gasteiger partial charge in [0, 0.05) is 0 Å². The Bertz CT molecular complexity index is 365. The Morgan fingerprint density at radius 3 is 2.39 bits per heavy atom. The number of ether oxygens (including phenoxy) is 2. The molecule has 0 aliphatic heterocycles. The van der Waals surface area contributed by atoms with Gasteiger partial charge in [0.05, 0.1) is 19.1 Å². The molecule has 18 heavy (non-hydrogen) atoms. The van der Waals surface area contributed by atoms with Crippen LogP contribution in [0.4, 0.5) is 0 Å². The van der Waals surface area contributed by atoms with E-state index in [1.165, 1.54) is 0 Å². The Morgan fingerprint density at radius 1 is 1.22 bits per heavy atom. The topological polar surface area (TPSA) is 35.5 Å². The molecule has 0 spiro atoms. The zero-order valence-electron chi connectivity index (χ0n) is 11.6. The molecule has 0 N–H and O–H groups in total. The number of carbonyl (C=O) groups excluding carboxylic acids is 1. The Kier molecular flexibility index (Phi) is 5.35. The molecule has 0 heterocycles. The van der Waals surface area contributed by atoms with Crippen LogP contribution in [0.2, 0.25) is 0 Å². The molecule has 0 aromatic heterocycles. The summed E-state index contributed by atoms with van der Waals surface area (Å²) in [5, 5.41) is 0. The lowest BCUT2D eigenvalue weighted by molar-refractivity contribution is -0.157. The van der Waals surface area contributed by atoms with Gasteiger partial charge in [-0.1, -0.05) is 30.3 Å². The Balaban J connectivity index is 2.29. The van der Waals surface area contributed by atoms with Crippen molar-refractivity contribution in [2.24, 2.45) is 0 Å². The number of benzene rings is 1. The molecule has 1 aromatic carbocycles. The first-order chi connectivity index (χ1) is 8.37. The molecule has 1 aromatic rings. The highest BCUT2D eigenvalue weighted by Gasteiger charge is 2.18. The average Bonchev–Trinajstić information content (AvgIpc) is 2.25. The quantitative estimate of drug-likeness (QED) is 0.752. The van der Waals surface area contributed by atoms with Gasteiger partial charge in [0.1, 0.15) is 5.60 Å². The van der Waals surface area contributed by atoms with Crippen molar-refractivity contribution >= 4 is 5.97 Å². The van der Waals surface area contributed by atoms with Crippen LogP contribution in [0, 0.1) is 0 Å². The first kappa shape index (κ1) is 14.7. The fourth-order valence-electron chi connectivity index (χ4n) is 1.49. The van der Waals surface area contributed by atoms with E-state index in [-0.39, 0.29) is 18.5 Å². The number of esters is 1. The molecule has 0 aliphatic carbocycles. The molecule has 3 nitrogen and oxygen atoms in total. The maximum absolute atomic E-state index is 11.6. The van der Waals surface area contributed by atoms with Crippen LogP contribution in [0.25, 0.3) is 0 Å². The molecule has 3 heteroatoms. The maximum atomic E-state index is 11.6. The minimum Gasteiger partial charge on any atom is -0.460 e. The van der Waals surface area contributed by atoms with E-state index < -0.39 is 5.60 Å². The van der Waals surface area contributed by atoms with E-state index in [9.17, 15) is 4.79 Å². The average molecular weight is 250 g/mol. The first-order valence-corrected chi connectivity index (χ1v) is 6.24. The number of carbonyl (C=O) groups is 1. The van der Waals surface area contributed by atoms with Crippen molar-refractivity contribution in [1.29, 1.82) is 0 Å². The molecule has 1 atom stereocenters. The van der Waals surface area contributed by atoms with E-state index in [0.29, 0.717) is 6.61 Å². The summed E-state index contributed by atoms with van der Waals surface area (Å²) in [4.78, 5) is 11.6. The summed E-state index contributed by atoms with van der Waals surface area (Å²) in [6, 6.07) is 9.91. The summed E-state index contributed by atoms with van der Waals surface area (Å²) in [5.41, 5.74) is 0.671. The van der Waals surface area contributed by atoms with E-state index in [0.717, 1.165) is 5.56 Å². The molecule has 0 radical (unpaired) electrons. The second-order valence-corrected chi connectivity index (χ2v) is 5.40. The van der Waals surface area contributed by atoms with Crippen LogP contribution in [-0.2, 0) is 20.9 Å². The lowest BCUT2D eigenvalue weighted by atomic mass is 10.2. The molecular formula is C15H22O3. The number of hydrogen-bond acceptors (Lipinski definition) is 3. The Morgan fingerprint density at radius 2 is 1.83 bits per heavy atom. The highest BCUT2D eigenvalue weighted by molar-refractivity contribution is 5.70. The van der Waals surface area contributed by atoms with Crippen LogP contribution in [0.3, 0.4) is 0 Å². The molecule has 0 saturated carbocycles. The summed E-state index contributed by atoms with van der Waals surface area (Å²) in [6.45, 7) is 7.98. The van der Waals surface area contributed by atoms with E-state index in [2.05, 4.69) is 0 Å². The highest BCUT2D eigenvalue weighted by Crippen LogP contribution is 2.11. The predicted molar refractivity (Wildman–Crippen MR) is 71.2 cm³/mol. The lowest BCUT2D eigenvalue weighted by Crippen LogP contribution is -2.26. The number of hydrogen-bond donors (Lipinski definition) is 0. The zero-order valence-corrected chi connectivity index (χ0v) is 11.6. The van der Waals surface area contributed by atoms with Gasteiger partial charge in [-0.15, -0.1) is 0 Å². The van der Waals surface area contributed by atoms with E-state index in [1.807, 2.05) is 58.0 Å². The van der Waals surface area contributed by atoms with Crippen LogP contribution in [-0.4, -0.2) is 17.7 Å². The van der Waals surface area contributed by atoms with Crippen molar-refractivity contribution in [3.05, 3.63) is 35.9 Å². The second kappa shape index (κ2) is 6.55. The van der Waals surface area contributed by atoms with Crippen LogP contribution in [0.1, 0.15) is 39.7 Å². The fourth-order valence-corrected chi connectivity index (χ4v) is 1.49. The standard InChI is InChI=1S/C15H22O3/c1-12(10-14(16)18-15(2,3)4)17-11-13-8-6-5-7-9-13/h5-9,12H,10-11H2,1-4H3/t12-/m1/s1. The highest BCUT2D eigenvalue weighted by atomic mass is 16.6. The van der Waals surface area contributed by atoms with Crippen LogP contribution < -0.4 is 0 Å². The van der Waals surface area contributed by atoms with Gasteiger partial charge in [0.2, 0.25) is 0 Å². The van der Waals surface area contributed by atoms with Crippen molar-refractivity contribution in [2.75, 3.05) is 0 Å². The second-order valence-electron chi connectivity index (χ2n) is 5.40. The van der Waals surface area contributed by atoms with Gasteiger partial charge in [-0.25, -0.2) is 0 Å². The molecule has 1 rings (SSSR count). The normalized spacial score (nSPS) is 13.1. The molecule has 0 bridgehead atoms. The largest absolute Gasteiger partial charge is 0.460 e. The van der Waals surface area contributed by atoms with Gasteiger partial charge in [0.25, 0.3) is 0 Å². The van der Waals surface area contributed by atoms with Gasteiger partial charge < -0.3 is 9.47 Å². The van der Waals surface area contributed by atoms with Gasteiger partial charge in [0.15, 0.2) is 0 Å². The van der Waals surface area contributed by atoms with Crippen molar-refractivity contribution in [3.63, 3.8) is 0 Å². The molecular weight excluding hydrogens is 228 g/mol. The zero-order chi connectivity index (χ0) is 13.6. The molecule has 0 saturated heterocycles. The summed E-state index contributed by atoms with van der Waals surface area (Å²) < 4.78 is 10.9. The van der Waals surface area contributed by atoms with Gasteiger partial charge in [-0.3, -0.25) is 4.79 Å². The maximum Gasteiger partial charge on any atom is 0.308 e. The predicted octanol–water partition coefficient (Wildman–Crippen LogP) is 3.32. The molecule has 0 fully saturated rings. The number of rotatable bonds is 5. The lowest BCUT2D eigenvalue weighted by Gasteiger charge is -2.21. The minimum atomic E-state index is -0.434. The molecule has 0 unspecified atom stereocenters. The minimum absolute atomic E-state index is 0.139. The third kappa shape index (κ3) is 6.40. The summed E-state index contributed by atoms with van der Waals surface area (Å²) >= 11 is 0. The molecule has 0 amide bonds. The third-order valence-electron chi connectivity index (χ3n) is 2.25. The fraction of sp³-hybridized carbons (Fsp3) is 0.533. The van der Waals surface area contributed by atoms with Crippen molar-refractivity contribution in [1.82, 2.24) is 0 Å². The van der Waals surface area contributed by atoms with E-state index >= 15 is 0 Å². The summed E-state index contributed by atoms with van der Waals surface area (Å²) in [6.07, 6.45) is 0.143. The first-order valence-electron chi connectivity index (χ1n) is 6.24. The van der Waals surface area contributed by atoms with Crippen LogP contribution in [0.15, 0.2) is 30.3 Å². The monoisotopic (exact) mass is 250 g/mol. The van der Waals surface area contributed by atoms with Crippen LogP contribution >= 0.6 is 0 Å². The Labute approximate surface area is 109 Å². The molecule has 0 aliphatic rings. The van der Waals surface area contributed by atoms with E-state index in [4.69, 9.17) is 9.47 Å². The smallest absolute Gasteiger partial charge is 0.308 e. The van der Waals surface area contributed by atoms with Crippen molar-refractivity contribution in [3.8, 4) is 0 Å². The summed E-state index contributed by atoms with van der Waals surface area (Å²) in [5.74, 6) is -0.219. The third-order valence-corrected chi connectivity index (χ3v) is 2.25. The SMILES string of the molecule is C[C@H](CC(=O)OC(C)(C)C)OCc1ccccc1. The van der Waals surface area contributed by atoms with Gasteiger partial charge in [-0.05, 0) is 33.3 Å². The van der Waals surface area contributed by atoms with Crippen molar-refractivity contribution < 1.29 is 14.3 Å². The van der Waals surface area contributed by atoms with Gasteiger partial charge >= 0.3 is 5.97 Å².